The molecule has 1 saturated heterocycles. The van der Waals surface area contributed by atoms with Gasteiger partial charge in [-0.15, -0.1) is 0 Å². The Morgan fingerprint density at radius 1 is 1.26 bits per heavy atom. The Labute approximate surface area is 205 Å². The lowest BCUT2D eigenvalue weighted by Gasteiger charge is -2.20. The number of benzene rings is 1. The van der Waals surface area contributed by atoms with Crippen LogP contribution in [0.2, 0.25) is 0 Å². The zero-order valence-electron chi connectivity index (χ0n) is 19.9. The number of carbonyl (C=O) groups excluding carboxylic acids is 1. The van der Waals surface area contributed by atoms with Gasteiger partial charge in [-0.05, 0) is 50.5 Å². The van der Waals surface area contributed by atoms with Gasteiger partial charge in [0.1, 0.15) is 11.9 Å². The van der Waals surface area contributed by atoms with Crippen molar-refractivity contribution in [3.8, 4) is 17.9 Å². The zero-order valence-corrected chi connectivity index (χ0v) is 19.9. The Bertz CT molecular complexity index is 1140. The lowest BCUT2D eigenvalue weighted by Crippen LogP contribution is -2.45. The Morgan fingerprint density at radius 3 is 2.63 bits per heavy atom. The molecule has 1 atom stereocenters. The number of carboxylic acid groups (broad SMARTS) is 1. The van der Waals surface area contributed by atoms with Crippen LogP contribution in [0.25, 0.3) is 0 Å². The third-order valence-corrected chi connectivity index (χ3v) is 5.71. The molecule has 1 aliphatic heterocycles. The fourth-order valence-corrected chi connectivity index (χ4v) is 3.48. The summed E-state index contributed by atoms with van der Waals surface area (Å²) in [5.74, 6) is 7.21. The number of hydrogen-bond donors (Lipinski definition) is 3. The fraction of sp³-hybridized carbons (Fsp3) is 0.400. The lowest BCUT2D eigenvalue weighted by atomic mass is 10.2. The van der Waals surface area contributed by atoms with E-state index >= 15 is 0 Å². The second-order valence-electron chi connectivity index (χ2n) is 8.21. The first-order valence-corrected chi connectivity index (χ1v) is 11.5. The summed E-state index contributed by atoms with van der Waals surface area (Å²) in [6, 6.07) is 8.43. The van der Waals surface area contributed by atoms with Crippen molar-refractivity contribution in [2.75, 3.05) is 36.9 Å². The number of hydrogen-bond acceptors (Lipinski definition) is 7. The fourth-order valence-electron chi connectivity index (χ4n) is 3.48. The number of rotatable bonds is 8. The molecule has 0 bridgehead atoms. The molecule has 2 aromatic rings. The van der Waals surface area contributed by atoms with E-state index in [1.54, 1.807) is 25.3 Å². The molecule has 0 radical (unpaired) electrons. The van der Waals surface area contributed by atoms with Crippen LogP contribution in [0.4, 0.5) is 22.2 Å². The number of likely N-dealkylation sites (N-methyl/N-ethyl adjacent to an activating group) is 1. The quantitative estimate of drug-likeness (QED) is 0.392. The molecule has 10 nitrogen and oxygen atoms in total. The van der Waals surface area contributed by atoms with E-state index in [2.05, 4.69) is 38.4 Å². The van der Waals surface area contributed by atoms with E-state index < -0.39 is 12.1 Å². The highest BCUT2D eigenvalue weighted by molar-refractivity contribution is 5.84. The van der Waals surface area contributed by atoms with Gasteiger partial charge in [-0.1, -0.05) is 11.8 Å². The van der Waals surface area contributed by atoms with Crippen molar-refractivity contribution in [1.29, 1.82) is 5.26 Å². The van der Waals surface area contributed by atoms with Gasteiger partial charge >= 0.3 is 6.09 Å². The number of carbonyl (C=O) groups is 2. The topological polar surface area (TPSA) is 134 Å². The minimum Gasteiger partial charge on any atom is -0.465 e. The molecular formula is C25H29N7O3. The number of amides is 2. The molecule has 3 rings (SSSR count). The number of aromatic nitrogens is 2. The molecule has 0 aliphatic carbocycles. The van der Waals surface area contributed by atoms with Gasteiger partial charge in [-0.2, -0.15) is 10.2 Å². The predicted octanol–water partition coefficient (Wildman–Crippen LogP) is 2.94. The second kappa shape index (κ2) is 12.2. The summed E-state index contributed by atoms with van der Waals surface area (Å²) < 4.78 is 0. The van der Waals surface area contributed by atoms with Gasteiger partial charge in [-0.3, -0.25) is 9.69 Å². The molecule has 1 aromatic carbocycles. The monoisotopic (exact) mass is 475 g/mol. The maximum Gasteiger partial charge on any atom is 0.407 e. The highest BCUT2D eigenvalue weighted by atomic mass is 16.4. The van der Waals surface area contributed by atoms with Gasteiger partial charge < -0.3 is 20.6 Å². The largest absolute Gasteiger partial charge is 0.465 e. The molecule has 3 N–H and O–H groups in total. The molecule has 1 aliphatic rings. The van der Waals surface area contributed by atoms with Crippen LogP contribution in [0, 0.1) is 23.2 Å². The normalized spacial score (nSPS) is 13.2. The summed E-state index contributed by atoms with van der Waals surface area (Å²) in [4.78, 5) is 35.3. The Hall–Kier alpha value is -4.31. The van der Waals surface area contributed by atoms with Crippen LogP contribution >= 0.6 is 0 Å². The highest BCUT2D eigenvalue weighted by Crippen LogP contribution is 2.24. The van der Waals surface area contributed by atoms with Crippen LogP contribution in [0.1, 0.15) is 43.7 Å². The zero-order chi connectivity index (χ0) is 25.2. The smallest absolute Gasteiger partial charge is 0.407 e. The summed E-state index contributed by atoms with van der Waals surface area (Å²) in [6.07, 6.45) is 3.97. The van der Waals surface area contributed by atoms with Gasteiger partial charge in [0.25, 0.3) is 0 Å². The Morgan fingerprint density at radius 2 is 1.97 bits per heavy atom. The molecule has 10 heteroatoms. The van der Waals surface area contributed by atoms with Crippen molar-refractivity contribution in [3.63, 3.8) is 0 Å². The molecule has 182 valence electrons. The maximum atomic E-state index is 12.0. The lowest BCUT2D eigenvalue weighted by molar-refractivity contribution is -0.124. The van der Waals surface area contributed by atoms with Crippen LogP contribution in [-0.4, -0.2) is 64.7 Å². The highest BCUT2D eigenvalue weighted by Gasteiger charge is 2.21. The van der Waals surface area contributed by atoms with E-state index in [0.717, 1.165) is 47.9 Å². The summed E-state index contributed by atoms with van der Waals surface area (Å²) in [5.41, 5.74) is 2.13. The first-order valence-electron chi connectivity index (χ1n) is 11.5. The summed E-state index contributed by atoms with van der Waals surface area (Å²) in [7, 11) is 1.36. The Kier molecular flexibility index (Phi) is 8.85. The predicted molar refractivity (Wildman–Crippen MR) is 132 cm³/mol. The van der Waals surface area contributed by atoms with Crippen molar-refractivity contribution in [2.45, 2.75) is 38.6 Å². The minimum absolute atomic E-state index is 0.335. The van der Waals surface area contributed by atoms with Crippen molar-refractivity contribution >= 4 is 29.5 Å². The van der Waals surface area contributed by atoms with Gasteiger partial charge in [-0.25, -0.2) is 9.78 Å². The number of anilines is 3. The van der Waals surface area contributed by atoms with E-state index in [0.29, 0.717) is 30.9 Å². The molecule has 1 unspecified atom stereocenters. The number of nitriles is 1. The number of unbranched alkanes of at least 4 members (excludes halogenated alkanes) is 1. The SMILES string of the molecule is CC(C(=O)NCCCC#Cc1cnc(Nc2ccc(C#N)cc2)nc1N1CCCC1)N(C)C(=O)O. The summed E-state index contributed by atoms with van der Waals surface area (Å²) in [5, 5.41) is 23.8. The molecule has 2 amide bonds. The van der Waals surface area contributed by atoms with Crippen LogP contribution in [0.3, 0.4) is 0 Å². The molecule has 35 heavy (non-hydrogen) atoms. The van der Waals surface area contributed by atoms with Crippen molar-refractivity contribution < 1.29 is 14.7 Å². The van der Waals surface area contributed by atoms with E-state index in [1.807, 2.05) is 12.1 Å². The first-order chi connectivity index (χ1) is 16.9. The van der Waals surface area contributed by atoms with Gasteiger partial charge in [0.05, 0.1) is 23.4 Å². The standard InChI is InChI=1S/C25H29N7O3/c1-18(31(2)25(34)35)23(33)27-13-5-3-4-8-20-17-28-24(30-22(20)32-14-6-7-15-32)29-21-11-9-19(16-26)10-12-21/h9-12,17-18H,3,5-7,13-15H2,1-2H3,(H,27,33)(H,34,35)(H,28,29,30). The average molecular weight is 476 g/mol. The van der Waals surface area contributed by atoms with Gasteiger partial charge in [0.2, 0.25) is 11.9 Å². The van der Waals surface area contributed by atoms with Crippen LogP contribution in [0.15, 0.2) is 30.5 Å². The molecule has 1 aromatic heterocycles. The third kappa shape index (κ3) is 7.08. The molecular weight excluding hydrogens is 446 g/mol. The van der Waals surface area contributed by atoms with E-state index in [-0.39, 0.29) is 5.91 Å². The maximum absolute atomic E-state index is 12.0. The molecule has 0 spiro atoms. The minimum atomic E-state index is -1.15. The summed E-state index contributed by atoms with van der Waals surface area (Å²) in [6.45, 7) is 3.78. The van der Waals surface area contributed by atoms with E-state index in [4.69, 9.17) is 15.4 Å². The molecule has 0 saturated carbocycles. The van der Waals surface area contributed by atoms with Crippen molar-refractivity contribution in [3.05, 3.63) is 41.6 Å². The van der Waals surface area contributed by atoms with E-state index in [1.165, 1.54) is 7.05 Å². The van der Waals surface area contributed by atoms with E-state index in [9.17, 15) is 9.59 Å². The average Bonchev–Trinajstić information content (AvgIpc) is 3.41. The van der Waals surface area contributed by atoms with Crippen LogP contribution < -0.4 is 15.5 Å². The van der Waals surface area contributed by atoms with Crippen LogP contribution in [-0.2, 0) is 4.79 Å². The van der Waals surface area contributed by atoms with Crippen molar-refractivity contribution in [1.82, 2.24) is 20.2 Å². The Balaban J connectivity index is 1.60. The van der Waals surface area contributed by atoms with Crippen LogP contribution in [0.5, 0.6) is 0 Å². The second-order valence-corrected chi connectivity index (χ2v) is 8.21. The molecule has 1 fully saturated rings. The number of nitrogens with one attached hydrogen (secondary N) is 2. The first kappa shape index (κ1) is 25.3. The van der Waals surface area contributed by atoms with Gasteiger partial charge in [0, 0.05) is 38.8 Å². The molecule has 2 heterocycles. The third-order valence-electron chi connectivity index (χ3n) is 5.71. The van der Waals surface area contributed by atoms with Gasteiger partial charge in [0.15, 0.2) is 0 Å². The summed E-state index contributed by atoms with van der Waals surface area (Å²) >= 11 is 0. The number of nitrogens with zero attached hydrogens (tertiary/aromatic N) is 5. The van der Waals surface area contributed by atoms with Crippen molar-refractivity contribution in [2.24, 2.45) is 0 Å².